The summed E-state index contributed by atoms with van der Waals surface area (Å²) in [6.07, 6.45) is 3.59. The third-order valence-corrected chi connectivity index (χ3v) is 4.25. The van der Waals surface area contributed by atoms with Gasteiger partial charge in [0.25, 0.3) is 0 Å². The molecular formula is C14H22ClNOS. The smallest absolute Gasteiger partial charge is 0.186 e. The first-order valence-corrected chi connectivity index (χ1v) is 7.76. The van der Waals surface area contributed by atoms with Crippen molar-refractivity contribution >= 4 is 28.7 Å². The number of Topliss-reactive ketones (excluding diaryl/α,β-unsaturated/α-hetero) is 1. The molecule has 0 N–H and O–H groups in total. The molecule has 0 aromatic carbocycles. The van der Waals surface area contributed by atoms with Crippen LogP contribution in [-0.2, 0) is 0 Å². The average Bonchev–Trinajstić information content (AvgIpc) is 2.74. The van der Waals surface area contributed by atoms with E-state index in [2.05, 4.69) is 25.7 Å². The monoisotopic (exact) mass is 287 g/mol. The van der Waals surface area contributed by atoms with Crippen molar-refractivity contribution in [1.82, 2.24) is 4.90 Å². The van der Waals surface area contributed by atoms with Crippen molar-refractivity contribution in [2.24, 2.45) is 0 Å². The molecule has 1 rings (SSSR count). The number of hydrogen-bond acceptors (Lipinski definition) is 3. The molecule has 0 aliphatic rings. The van der Waals surface area contributed by atoms with Gasteiger partial charge < -0.3 is 0 Å². The van der Waals surface area contributed by atoms with Crippen LogP contribution >= 0.6 is 22.9 Å². The Kier molecular flexibility index (Phi) is 6.90. The molecule has 0 aliphatic heterocycles. The molecule has 1 heterocycles. The molecule has 0 spiro atoms. The van der Waals surface area contributed by atoms with E-state index >= 15 is 0 Å². The van der Waals surface area contributed by atoms with Crippen molar-refractivity contribution in [1.29, 1.82) is 0 Å². The van der Waals surface area contributed by atoms with Crippen molar-refractivity contribution < 1.29 is 4.79 Å². The minimum atomic E-state index is 0.178. The van der Waals surface area contributed by atoms with Crippen LogP contribution in [0.5, 0.6) is 0 Å². The SMILES string of the molecule is CCCCCN(CC(=O)c1ccc(Cl)s1)C(C)C. The van der Waals surface area contributed by atoms with E-state index in [9.17, 15) is 4.79 Å². The van der Waals surface area contributed by atoms with E-state index in [1.165, 1.54) is 24.2 Å². The van der Waals surface area contributed by atoms with Crippen molar-refractivity contribution in [2.75, 3.05) is 13.1 Å². The molecule has 1 aromatic rings. The van der Waals surface area contributed by atoms with E-state index in [0.29, 0.717) is 16.9 Å². The average molecular weight is 288 g/mol. The van der Waals surface area contributed by atoms with Gasteiger partial charge in [-0.05, 0) is 38.9 Å². The summed E-state index contributed by atoms with van der Waals surface area (Å²) in [4.78, 5) is 15.1. The Morgan fingerprint density at radius 3 is 2.61 bits per heavy atom. The summed E-state index contributed by atoms with van der Waals surface area (Å²) < 4.78 is 0.681. The molecule has 0 atom stereocenters. The Labute approximate surface area is 119 Å². The van der Waals surface area contributed by atoms with Gasteiger partial charge in [0.15, 0.2) is 5.78 Å². The second kappa shape index (κ2) is 7.93. The molecule has 0 radical (unpaired) electrons. The normalized spacial score (nSPS) is 11.4. The van der Waals surface area contributed by atoms with E-state index in [1.54, 1.807) is 6.07 Å². The third kappa shape index (κ3) is 5.09. The second-order valence-corrected chi connectivity index (χ2v) is 6.51. The minimum absolute atomic E-state index is 0.178. The zero-order valence-electron chi connectivity index (χ0n) is 11.4. The molecule has 18 heavy (non-hydrogen) atoms. The lowest BCUT2D eigenvalue weighted by molar-refractivity contribution is 0.0908. The minimum Gasteiger partial charge on any atom is -0.293 e. The maximum Gasteiger partial charge on any atom is 0.186 e. The highest BCUT2D eigenvalue weighted by Gasteiger charge is 2.16. The highest BCUT2D eigenvalue weighted by atomic mass is 35.5. The number of thiophene rings is 1. The first-order valence-electron chi connectivity index (χ1n) is 6.57. The lowest BCUT2D eigenvalue weighted by Gasteiger charge is -2.25. The van der Waals surface area contributed by atoms with Gasteiger partial charge in [0, 0.05) is 6.04 Å². The lowest BCUT2D eigenvalue weighted by Crippen LogP contribution is -2.36. The predicted molar refractivity (Wildman–Crippen MR) is 79.9 cm³/mol. The number of ketones is 1. The van der Waals surface area contributed by atoms with Crippen LogP contribution in [0.3, 0.4) is 0 Å². The second-order valence-electron chi connectivity index (χ2n) is 4.80. The van der Waals surface area contributed by atoms with Crippen molar-refractivity contribution in [3.63, 3.8) is 0 Å². The summed E-state index contributed by atoms with van der Waals surface area (Å²) in [7, 11) is 0. The van der Waals surface area contributed by atoms with Crippen molar-refractivity contribution in [2.45, 2.75) is 46.1 Å². The summed E-state index contributed by atoms with van der Waals surface area (Å²) in [5.74, 6) is 0.178. The Balaban J connectivity index is 2.52. The standard InChI is InChI=1S/C14H22ClNOS/c1-4-5-6-9-16(11(2)3)10-12(17)13-7-8-14(15)18-13/h7-8,11H,4-6,9-10H2,1-3H3. The number of rotatable bonds is 8. The number of carbonyl (C=O) groups excluding carboxylic acids is 1. The Morgan fingerprint density at radius 2 is 2.11 bits per heavy atom. The fraction of sp³-hybridized carbons (Fsp3) is 0.643. The first-order chi connectivity index (χ1) is 8.54. The summed E-state index contributed by atoms with van der Waals surface area (Å²) in [5, 5.41) is 0. The number of carbonyl (C=O) groups is 1. The first kappa shape index (κ1) is 15.7. The molecular weight excluding hydrogens is 266 g/mol. The van der Waals surface area contributed by atoms with Crippen LogP contribution in [0, 0.1) is 0 Å². The van der Waals surface area contributed by atoms with E-state index in [4.69, 9.17) is 11.6 Å². The topological polar surface area (TPSA) is 20.3 Å². The maximum atomic E-state index is 12.1. The Bertz CT molecular complexity index is 376. The summed E-state index contributed by atoms with van der Waals surface area (Å²) in [6, 6.07) is 4.01. The molecule has 2 nitrogen and oxygen atoms in total. The fourth-order valence-corrected chi connectivity index (χ4v) is 2.78. The summed E-state index contributed by atoms with van der Waals surface area (Å²) >= 11 is 7.23. The Morgan fingerprint density at radius 1 is 1.39 bits per heavy atom. The van der Waals surface area contributed by atoms with E-state index in [0.717, 1.165) is 17.8 Å². The van der Waals surface area contributed by atoms with Crippen molar-refractivity contribution in [3.8, 4) is 0 Å². The van der Waals surface area contributed by atoms with Crippen LogP contribution in [0.4, 0.5) is 0 Å². The maximum absolute atomic E-state index is 12.1. The molecule has 102 valence electrons. The van der Waals surface area contributed by atoms with Gasteiger partial charge in [0.05, 0.1) is 15.8 Å². The zero-order valence-corrected chi connectivity index (χ0v) is 13.0. The van der Waals surface area contributed by atoms with Crippen molar-refractivity contribution in [3.05, 3.63) is 21.3 Å². The van der Waals surface area contributed by atoms with Gasteiger partial charge in [-0.3, -0.25) is 9.69 Å². The molecule has 0 aliphatic carbocycles. The van der Waals surface area contributed by atoms with Gasteiger partial charge in [-0.1, -0.05) is 31.4 Å². The van der Waals surface area contributed by atoms with Crippen LogP contribution in [0.25, 0.3) is 0 Å². The Hall–Kier alpha value is -0.380. The van der Waals surface area contributed by atoms with Gasteiger partial charge in [-0.15, -0.1) is 11.3 Å². The predicted octanol–water partition coefficient (Wildman–Crippen LogP) is 4.48. The number of halogens is 1. The number of unbranched alkanes of at least 4 members (excludes halogenated alkanes) is 2. The molecule has 0 fully saturated rings. The van der Waals surface area contributed by atoms with Crippen LogP contribution in [0.15, 0.2) is 12.1 Å². The summed E-state index contributed by atoms with van der Waals surface area (Å²) in [5.41, 5.74) is 0. The van der Waals surface area contributed by atoms with Crippen LogP contribution in [0.2, 0.25) is 4.34 Å². The van der Waals surface area contributed by atoms with E-state index in [-0.39, 0.29) is 5.78 Å². The van der Waals surface area contributed by atoms with Crippen LogP contribution in [-0.4, -0.2) is 29.8 Å². The van der Waals surface area contributed by atoms with Gasteiger partial charge in [0.1, 0.15) is 0 Å². The quantitative estimate of drug-likeness (QED) is 0.519. The largest absolute Gasteiger partial charge is 0.293 e. The molecule has 0 amide bonds. The van der Waals surface area contributed by atoms with E-state index < -0.39 is 0 Å². The van der Waals surface area contributed by atoms with Gasteiger partial charge in [0.2, 0.25) is 0 Å². The zero-order chi connectivity index (χ0) is 13.5. The molecule has 0 unspecified atom stereocenters. The fourth-order valence-electron chi connectivity index (χ4n) is 1.81. The highest BCUT2D eigenvalue weighted by Crippen LogP contribution is 2.22. The van der Waals surface area contributed by atoms with Gasteiger partial charge in [-0.2, -0.15) is 0 Å². The van der Waals surface area contributed by atoms with Gasteiger partial charge in [-0.25, -0.2) is 0 Å². The number of hydrogen-bond donors (Lipinski definition) is 0. The molecule has 0 bridgehead atoms. The molecule has 0 saturated heterocycles. The molecule has 4 heteroatoms. The van der Waals surface area contributed by atoms with E-state index in [1.807, 2.05) is 6.07 Å². The van der Waals surface area contributed by atoms with Crippen LogP contribution < -0.4 is 0 Å². The van der Waals surface area contributed by atoms with Crippen LogP contribution in [0.1, 0.15) is 49.7 Å². The summed E-state index contributed by atoms with van der Waals surface area (Å²) in [6.45, 7) is 7.97. The lowest BCUT2D eigenvalue weighted by atomic mass is 10.2. The molecule has 1 aromatic heterocycles. The highest BCUT2D eigenvalue weighted by molar-refractivity contribution is 7.18. The number of nitrogens with zero attached hydrogens (tertiary/aromatic N) is 1. The van der Waals surface area contributed by atoms with Gasteiger partial charge >= 0.3 is 0 Å². The molecule has 0 saturated carbocycles. The third-order valence-electron chi connectivity index (χ3n) is 2.97.